The lowest BCUT2D eigenvalue weighted by Gasteiger charge is -1.99. The van der Waals surface area contributed by atoms with Gasteiger partial charge in [-0.25, -0.2) is 0 Å². The van der Waals surface area contributed by atoms with Gasteiger partial charge in [-0.1, -0.05) is 41.9 Å². The number of rotatable bonds is 0. The monoisotopic (exact) mass is 251 g/mol. The lowest BCUT2D eigenvalue weighted by Crippen LogP contribution is -1.74. The van der Waals surface area contributed by atoms with Crippen molar-refractivity contribution < 1.29 is 0 Å². The van der Waals surface area contributed by atoms with Gasteiger partial charge in [0.05, 0.1) is 0 Å². The van der Waals surface area contributed by atoms with Gasteiger partial charge >= 0.3 is 0 Å². The van der Waals surface area contributed by atoms with Crippen LogP contribution >= 0.6 is 11.6 Å². The van der Waals surface area contributed by atoms with Crippen LogP contribution in [-0.4, -0.2) is 4.98 Å². The number of benzene rings is 3. The lowest BCUT2D eigenvalue weighted by molar-refractivity contribution is 1.55. The summed E-state index contributed by atoms with van der Waals surface area (Å²) in [5.74, 6) is 0. The van der Waals surface area contributed by atoms with E-state index in [1.807, 2.05) is 18.2 Å². The maximum absolute atomic E-state index is 6.11. The standard InChI is InChI=1S/C16H10ClN/c17-11-6-8-14-13(9-11)16-12-4-2-1-3-10(12)5-7-15(16)18-14/h1-9,18H. The summed E-state index contributed by atoms with van der Waals surface area (Å²) in [6.07, 6.45) is 0. The summed E-state index contributed by atoms with van der Waals surface area (Å²) < 4.78 is 0. The van der Waals surface area contributed by atoms with E-state index < -0.39 is 0 Å². The van der Waals surface area contributed by atoms with Crippen LogP contribution < -0.4 is 0 Å². The van der Waals surface area contributed by atoms with Gasteiger partial charge in [0.15, 0.2) is 0 Å². The molecule has 0 amide bonds. The molecule has 18 heavy (non-hydrogen) atoms. The molecule has 0 aliphatic rings. The number of hydrogen-bond donors (Lipinski definition) is 1. The smallest absolute Gasteiger partial charge is 0.0471 e. The van der Waals surface area contributed by atoms with Crippen LogP contribution in [0.2, 0.25) is 5.02 Å². The van der Waals surface area contributed by atoms with Gasteiger partial charge in [-0.15, -0.1) is 0 Å². The summed E-state index contributed by atoms with van der Waals surface area (Å²) >= 11 is 6.11. The number of aromatic amines is 1. The molecule has 0 aliphatic carbocycles. The van der Waals surface area contributed by atoms with E-state index in [2.05, 4.69) is 41.4 Å². The first-order valence-corrected chi connectivity index (χ1v) is 6.29. The Balaban J connectivity index is 2.35. The molecule has 0 saturated carbocycles. The third-order valence-corrected chi connectivity index (χ3v) is 3.68. The van der Waals surface area contributed by atoms with Crippen molar-refractivity contribution in [3.63, 3.8) is 0 Å². The van der Waals surface area contributed by atoms with Crippen molar-refractivity contribution in [2.75, 3.05) is 0 Å². The number of hydrogen-bond acceptors (Lipinski definition) is 0. The van der Waals surface area contributed by atoms with Crippen molar-refractivity contribution >= 4 is 44.2 Å². The third-order valence-electron chi connectivity index (χ3n) is 3.45. The number of nitrogens with one attached hydrogen (secondary N) is 1. The van der Waals surface area contributed by atoms with Gasteiger partial charge in [0.1, 0.15) is 0 Å². The second kappa shape index (κ2) is 3.50. The zero-order valence-electron chi connectivity index (χ0n) is 9.57. The summed E-state index contributed by atoms with van der Waals surface area (Å²) in [5, 5.41) is 5.74. The average molecular weight is 252 g/mol. The van der Waals surface area contributed by atoms with Crippen LogP contribution in [0, 0.1) is 0 Å². The predicted octanol–water partition coefficient (Wildman–Crippen LogP) is 5.13. The molecule has 0 bridgehead atoms. The predicted molar refractivity (Wildman–Crippen MR) is 78.3 cm³/mol. The minimum Gasteiger partial charge on any atom is -0.354 e. The van der Waals surface area contributed by atoms with Gasteiger partial charge < -0.3 is 4.98 Å². The molecule has 4 aromatic rings. The van der Waals surface area contributed by atoms with Crippen LogP contribution in [-0.2, 0) is 0 Å². The summed E-state index contributed by atoms with van der Waals surface area (Å²) in [7, 11) is 0. The van der Waals surface area contributed by atoms with Gasteiger partial charge in [-0.2, -0.15) is 0 Å². The molecule has 0 unspecified atom stereocenters. The lowest BCUT2D eigenvalue weighted by atomic mass is 10.0. The Morgan fingerprint density at radius 3 is 2.56 bits per heavy atom. The normalized spacial score (nSPS) is 11.6. The highest BCUT2D eigenvalue weighted by Gasteiger charge is 2.07. The summed E-state index contributed by atoms with van der Waals surface area (Å²) in [6, 6.07) is 18.7. The van der Waals surface area contributed by atoms with Crippen LogP contribution in [0.3, 0.4) is 0 Å². The molecule has 86 valence electrons. The third kappa shape index (κ3) is 1.28. The molecule has 0 saturated heterocycles. The second-order valence-corrected chi connectivity index (χ2v) is 4.96. The van der Waals surface area contributed by atoms with Crippen LogP contribution in [0.25, 0.3) is 32.6 Å². The Kier molecular flexibility index (Phi) is 1.94. The van der Waals surface area contributed by atoms with Crippen molar-refractivity contribution in [3.8, 4) is 0 Å². The Morgan fingerprint density at radius 1 is 0.778 bits per heavy atom. The van der Waals surface area contributed by atoms with Gasteiger partial charge in [0.25, 0.3) is 0 Å². The quantitative estimate of drug-likeness (QED) is 0.446. The first kappa shape index (κ1) is 9.98. The summed E-state index contributed by atoms with van der Waals surface area (Å²) in [4.78, 5) is 3.44. The van der Waals surface area contributed by atoms with Crippen LogP contribution in [0.5, 0.6) is 0 Å². The van der Waals surface area contributed by atoms with Crippen molar-refractivity contribution in [1.29, 1.82) is 0 Å². The number of H-pyrrole nitrogens is 1. The van der Waals surface area contributed by atoms with Crippen LogP contribution in [0.4, 0.5) is 0 Å². The van der Waals surface area contributed by atoms with Gasteiger partial charge in [0, 0.05) is 26.8 Å². The molecular formula is C16H10ClN. The van der Waals surface area contributed by atoms with Crippen molar-refractivity contribution in [2.45, 2.75) is 0 Å². The Bertz CT molecular complexity index is 889. The maximum atomic E-state index is 6.11. The highest BCUT2D eigenvalue weighted by molar-refractivity contribution is 6.32. The summed E-state index contributed by atoms with van der Waals surface area (Å²) in [6.45, 7) is 0. The van der Waals surface area contributed by atoms with Crippen molar-refractivity contribution in [1.82, 2.24) is 4.98 Å². The number of halogens is 1. The van der Waals surface area contributed by atoms with E-state index in [0.717, 1.165) is 16.1 Å². The molecule has 0 radical (unpaired) electrons. The van der Waals surface area contributed by atoms with Gasteiger partial charge in [-0.05, 0) is 35.0 Å². The highest BCUT2D eigenvalue weighted by Crippen LogP contribution is 2.33. The van der Waals surface area contributed by atoms with E-state index >= 15 is 0 Å². The molecule has 1 nitrogen and oxygen atoms in total. The van der Waals surface area contributed by atoms with Gasteiger partial charge in [-0.3, -0.25) is 0 Å². The molecule has 1 N–H and O–H groups in total. The first-order chi connectivity index (χ1) is 8.83. The van der Waals surface area contributed by atoms with E-state index in [0.29, 0.717) is 0 Å². The molecular weight excluding hydrogens is 242 g/mol. The summed E-state index contributed by atoms with van der Waals surface area (Å²) in [5.41, 5.74) is 2.29. The number of aromatic nitrogens is 1. The Hall–Kier alpha value is -1.99. The zero-order chi connectivity index (χ0) is 12.1. The fourth-order valence-electron chi connectivity index (χ4n) is 2.64. The molecule has 0 fully saturated rings. The molecule has 0 atom stereocenters. The minimum absolute atomic E-state index is 0.774. The van der Waals surface area contributed by atoms with E-state index in [9.17, 15) is 0 Å². The number of fused-ring (bicyclic) bond motifs is 5. The Morgan fingerprint density at radius 2 is 1.61 bits per heavy atom. The fourth-order valence-corrected chi connectivity index (χ4v) is 2.82. The van der Waals surface area contributed by atoms with Crippen molar-refractivity contribution in [3.05, 3.63) is 59.6 Å². The SMILES string of the molecule is Clc1ccc2[nH]c3ccc4ccccc4c3c2c1. The van der Waals surface area contributed by atoms with E-state index in [-0.39, 0.29) is 0 Å². The van der Waals surface area contributed by atoms with Crippen LogP contribution in [0.1, 0.15) is 0 Å². The van der Waals surface area contributed by atoms with E-state index in [4.69, 9.17) is 11.6 Å². The largest absolute Gasteiger partial charge is 0.354 e. The van der Waals surface area contributed by atoms with Crippen LogP contribution in [0.15, 0.2) is 54.6 Å². The average Bonchev–Trinajstić information content (AvgIpc) is 2.77. The molecule has 4 rings (SSSR count). The van der Waals surface area contributed by atoms with Crippen molar-refractivity contribution in [2.24, 2.45) is 0 Å². The molecule has 3 aromatic carbocycles. The molecule has 2 heteroatoms. The molecule has 1 heterocycles. The molecule has 0 aliphatic heterocycles. The van der Waals surface area contributed by atoms with E-state index in [1.165, 1.54) is 21.5 Å². The first-order valence-electron chi connectivity index (χ1n) is 5.92. The highest BCUT2D eigenvalue weighted by atomic mass is 35.5. The fraction of sp³-hybridized carbons (Fsp3) is 0. The molecule has 0 spiro atoms. The zero-order valence-corrected chi connectivity index (χ0v) is 10.3. The van der Waals surface area contributed by atoms with Gasteiger partial charge in [0.2, 0.25) is 0 Å². The maximum Gasteiger partial charge on any atom is 0.0471 e. The second-order valence-electron chi connectivity index (χ2n) is 4.52. The topological polar surface area (TPSA) is 15.8 Å². The Labute approximate surface area is 109 Å². The minimum atomic E-state index is 0.774. The molecule has 1 aromatic heterocycles. The van der Waals surface area contributed by atoms with E-state index in [1.54, 1.807) is 0 Å².